The SMILES string of the molecule is CC[C@@H](C)c1nc2ccc(Br)cc2c(=O)n1N=Cc1ccc(SC)cc1. The average Bonchev–Trinajstić information content (AvgIpc) is 2.67. The highest BCUT2D eigenvalue weighted by molar-refractivity contribution is 9.10. The van der Waals surface area contributed by atoms with Crippen LogP contribution in [0.15, 0.2) is 61.7 Å². The third-order valence-corrected chi connectivity index (χ3v) is 5.56. The van der Waals surface area contributed by atoms with E-state index in [4.69, 9.17) is 4.98 Å². The van der Waals surface area contributed by atoms with Gasteiger partial charge in [0.25, 0.3) is 5.56 Å². The second-order valence-electron chi connectivity index (χ2n) is 6.08. The molecule has 134 valence electrons. The lowest BCUT2D eigenvalue weighted by molar-refractivity contribution is 0.613. The van der Waals surface area contributed by atoms with Gasteiger partial charge in [-0.15, -0.1) is 11.8 Å². The summed E-state index contributed by atoms with van der Waals surface area (Å²) in [6.45, 7) is 4.14. The van der Waals surface area contributed by atoms with Gasteiger partial charge in [-0.1, -0.05) is 41.9 Å². The van der Waals surface area contributed by atoms with Crippen molar-refractivity contribution in [3.63, 3.8) is 0 Å². The molecule has 0 bridgehead atoms. The molecular weight excluding hydrogens is 410 g/mol. The molecule has 0 unspecified atom stereocenters. The van der Waals surface area contributed by atoms with Gasteiger partial charge in [0.05, 0.1) is 17.1 Å². The Balaban J connectivity index is 2.13. The minimum Gasteiger partial charge on any atom is -0.267 e. The van der Waals surface area contributed by atoms with Crippen LogP contribution in [0.4, 0.5) is 0 Å². The highest BCUT2D eigenvalue weighted by Crippen LogP contribution is 2.21. The van der Waals surface area contributed by atoms with E-state index in [0.717, 1.165) is 16.5 Å². The highest BCUT2D eigenvalue weighted by Gasteiger charge is 2.15. The minimum absolute atomic E-state index is 0.131. The van der Waals surface area contributed by atoms with Crippen molar-refractivity contribution in [2.75, 3.05) is 6.26 Å². The van der Waals surface area contributed by atoms with Crippen LogP contribution in [0, 0.1) is 0 Å². The van der Waals surface area contributed by atoms with Crippen LogP contribution in [0.25, 0.3) is 10.9 Å². The Kier molecular flexibility index (Phi) is 5.94. The highest BCUT2D eigenvalue weighted by atomic mass is 79.9. The van der Waals surface area contributed by atoms with Crippen molar-refractivity contribution in [2.45, 2.75) is 31.1 Å². The van der Waals surface area contributed by atoms with Crippen molar-refractivity contribution in [3.05, 3.63) is 68.7 Å². The maximum Gasteiger partial charge on any atom is 0.282 e. The fraction of sp³-hybridized carbons (Fsp3) is 0.250. The molecule has 0 radical (unpaired) electrons. The fourth-order valence-corrected chi connectivity index (χ4v) is 3.36. The molecule has 3 rings (SSSR count). The Hall–Kier alpha value is -1.92. The van der Waals surface area contributed by atoms with E-state index in [2.05, 4.69) is 34.9 Å². The number of hydrogen-bond acceptors (Lipinski definition) is 4. The number of benzene rings is 2. The summed E-state index contributed by atoms with van der Waals surface area (Å²) in [5.41, 5.74) is 1.49. The summed E-state index contributed by atoms with van der Waals surface area (Å²) in [6, 6.07) is 13.6. The van der Waals surface area contributed by atoms with Gasteiger partial charge in [-0.05, 0) is 48.6 Å². The Bertz CT molecular complexity index is 1010. The van der Waals surface area contributed by atoms with Gasteiger partial charge in [0.15, 0.2) is 0 Å². The van der Waals surface area contributed by atoms with Crippen LogP contribution >= 0.6 is 27.7 Å². The molecule has 0 spiro atoms. The van der Waals surface area contributed by atoms with Crippen LogP contribution in [0.3, 0.4) is 0 Å². The minimum atomic E-state index is -0.149. The van der Waals surface area contributed by atoms with Crippen LogP contribution in [0.5, 0.6) is 0 Å². The average molecular weight is 430 g/mol. The molecule has 0 N–H and O–H groups in total. The molecular formula is C20H20BrN3OS. The smallest absolute Gasteiger partial charge is 0.267 e. The molecule has 6 heteroatoms. The van der Waals surface area contributed by atoms with Crippen molar-refractivity contribution in [1.82, 2.24) is 9.66 Å². The van der Waals surface area contributed by atoms with E-state index in [1.807, 2.05) is 42.7 Å². The van der Waals surface area contributed by atoms with E-state index < -0.39 is 0 Å². The van der Waals surface area contributed by atoms with Crippen LogP contribution in [0.1, 0.15) is 37.6 Å². The maximum atomic E-state index is 13.0. The molecule has 0 saturated heterocycles. The molecule has 0 amide bonds. The van der Waals surface area contributed by atoms with E-state index in [0.29, 0.717) is 16.7 Å². The van der Waals surface area contributed by atoms with Gasteiger partial charge in [0.1, 0.15) is 5.82 Å². The molecule has 1 aromatic heterocycles. The second kappa shape index (κ2) is 8.18. The summed E-state index contributed by atoms with van der Waals surface area (Å²) >= 11 is 5.12. The predicted molar refractivity (Wildman–Crippen MR) is 114 cm³/mol. The van der Waals surface area contributed by atoms with Gasteiger partial charge < -0.3 is 0 Å². The van der Waals surface area contributed by atoms with Crippen molar-refractivity contribution in [3.8, 4) is 0 Å². The maximum absolute atomic E-state index is 13.0. The third-order valence-electron chi connectivity index (χ3n) is 4.32. The molecule has 0 aliphatic rings. The van der Waals surface area contributed by atoms with Gasteiger partial charge in [-0.25, -0.2) is 4.98 Å². The topological polar surface area (TPSA) is 47.2 Å². The van der Waals surface area contributed by atoms with Crippen molar-refractivity contribution in [2.24, 2.45) is 5.10 Å². The molecule has 0 aliphatic carbocycles. The number of fused-ring (bicyclic) bond motifs is 1. The Labute approximate surface area is 165 Å². The van der Waals surface area contributed by atoms with E-state index in [-0.39, 0.29) is 11.5 Å². The molecule has 1 heterocycles. The zero-order valence-electron chi connectivity index (χ0n) is 14.9. The largest absolute Gasteiger partial charge is 0.282 e. The van der Waals surface area contributed by atoms with Gasteiger partial charge in [0.2, 0.25) is 0 Å². The number of rotatable bonds is 5. The van der Waals surface area contributed by atoms with Crippen LogP contribution in [-0.2, 0) is 0 Å². The molecule has 26 heavy (non-hydrogen) atoms. The summed E-state index contributed by atoms with van der Waals surface area (Å²) < 4.78 is 2.29. The molecule has 3 aromatic rings. The van der Waals surface area contributed by atoms with Crippen LogP contribution in [0.2, 0.25) is 0 Å². The van der Waals surface area contributed by atoms with Crippen LogP contribution < -0.4 is 5.56 Å². The standard InChI is InChI=1S/C20H20BrN3OS/c1-4-13(2)19-23-18-10-7-15(21)11-17(18)20(25)24(19)22-12-14-5-8-16(26-3)9-6-14/h5-13H,4H2,1-3H3/t13-/m1/s1. The Morgan fingerprint density at radius 3 is 2.65 bits per heavy atom. The van der Waals surface area contributed by atoms with Gasteiger partial charge >= 0.3 is 0 Å². The quantitative estimate of drug-likeness (QED) is 0.409. The van der Waals surface area contributed by atoms with E-state index in [1.165, 1.54) is 9.57 Å². The second-order valence-corrected chi connectivity index (χ2v) is 7.87. The number of aromatic nitrogens is 2. The molecule has 0 saturated carbocycles. The normalized spacial score (nSPS) is 12.8. The molecule has 1 atom stereocenters. The number of hydrogen-bond donors (Lipinski definition) is 0. The first-order valence-corrected chi connectivity index (χ1v) is 10.5. The first-order valence-electron chi connectivity index (χ1n) is 8.44. The summed E-state index contributed by atoms with van der Waals surface area (Å²) in [5.74, 6) is 0.816. The molecule has 0 fully saturated rings. The molecule has 4 nitrogen and oxygen atoms in total. The van der Waals surface area contributed by atoms with Crippen molar-refractivity contribution in [1.29, 1.82) is 0 Å². The van der Waals surface area contributed by atoms with Gasteiger partial charge in [-0.2, -0.15) is 9.78 Å². The zero-order chi connectivity index (χ0) is 18.7. The summed E-state index contributed by atoms with van der Waals surface area (Å²) in [6.07, 6.45) is 4.63. The summed E-state index contributed by atoms with van der Waals surface area (Å²) in [7, 11) is 0. The van der Waals surface area contributed by atoms with E-state index in [9.17, 15) is 4.79 Å². The van der Waals surface area contributed by atoms with E-state index >= 15 is 0 Å². The van der Waals surface area contributed by atoms with Crippen molar-refractivity contribution < 1.29 is 0 Å². The first kappa shape index (κ1) is 18.9. The lowest BCUT2D eigenvalue weighted by atomic mass is 10.1. The Morgan fingerprint density at radius 2 is 2.00 bits per heavy atom. The third kappa shape index (κ3) is 3.91. The zero-order valence-corrected chi connectivity index (χ0v) is 17.3. The number of halogens is 1. The van der Waals surface area contributed by atoms with Gasteiger partial charge in [0, 0.05) is 15.3 Å². The monoisotopic (exact) mass is 429 g/mol. The first-order chi connectivity index (χ1) is 12.5. The Morgan fingerprint density at radius 1 is 1.27 bits per heavy atom. The fourth-order valence-electron chi connectivity index (χ4n) is 2.59. The lowest BCUT2D eigenvalue weighted by Gasteiger charge is -2.14. The summed E-state index contributed by atoms with van der Waals surface area (Å²) in [5, 5.41) is 5.03. The molecule has 0 aliphatic heterocycles. The number of thioether (sulfide) groups is 1. The van der Waals surface area contributed by atoms with Crippen molar-refractivity contribution >= 4 is 44.8 Å². The lowest BCUT2D eigenvalue weighted by Crippen LogP contribution is -2.23. The molecule has 2 aromatic carbocycles. The van der Waals surface area contributed by atoms with Gasteiger partial charge in [-0.3, -0.25) is 4.79 Å². The van der Waals surface area contributed by atoms with Crippen LogP contribution in [-0.4, -0.2) is 22.1 Å². The number of nitrogens with zero attached hydrogens (tertiary/aromatic N) is 3. The predicted octanol–water partition coefficient (Wildman–Crippen LogP) is 5.28. The van der Waals surface area contributed by atoms with E-state index in [1.54, 1.807) is 24.0 Å². The summed E-state index contributed by atoms with van der Waals surface area (Å²) in [4.78, 5) is 18.9.